The zero-order chi connectivity index (χ0) is 14.4. The number of allylic oxidation sites excluding steroid dienone is 2. The first-order chi connectivity index (χ1) is 8.95. The van der Waals surface area contributed by atoms with Gasteiger partial charge >= 0.3 is 5.97 Å². The van der Waals surface area contributed by atoms with E-state index in [2.05, 4.69) is 26.0 Å². The second kappa shape index (κ2) is 6.98. The second-order valence-electron chi connectivity index (χ2n) is 4.81. The zero-order valence-electron chi connectivity index (χ0n) is 12.1. The van der Waals surface area contributed by atoms with Crippen LogP contribution in [0, 0.1) is 13.8 Å². The fourth-order valence-corrected chi connectivity index (χ4v) is 2.12. The van der Waals surface area contributed by atoms with E-state index in [1.807, 2.05) is 13.0 Å². The molecule has 0 saturated carbocycles. The Kier molecular flexibility index (Phi) is 5.61. The SMILES string of the molecule is COc1cc(C)c(/C(C)=C/CCCC(=O)O)cc1C. The molecule has 1 aromatic rings. The molecule has 3 nitrogen and oxygen atoms in total. The lowest BCUT2D eigenvalue weighted by Gasteiger charge is -2.12. The van der Waals surface area contributed by atoms with Crippen LogP contribution in [-0.2, 0) is 4.79 Å². The normalized spacial score (nSPS) is 11.5. The van der Waals surface area contributed by atoms with E-state index in [1.54, 1.807) is 7.11 Å². The third-order valence-electron chi connectivity index (χ3n) is 3.21. The van der Waals surface area contributed by atoms with Crippen LogP contribution in [0.15, 0.2) is 18.2 Å². The molecule has 0 fully saturated rings. The highest BCUT2D eigenvalue weighted by Crippen LogP contribution is 2.27. The van der Waals surface area contributed by atoms with Crippen molar-refractivity contribution >= 4 is 11.5 Å². The van der Waals surface area contributed by atoms with Crippen molar-refractivity contribution in [2.45, 2.75) is 40.0 Å². The molecule has 0 unspecified atom stereocenters. The van der Waals surface area contributed by atoms with Gasteiger partial charge in [0, 0.05) is 6.42 Å². The smallest absolute Gasteiger partial charge is 0.303 e. The van der Waals surface area contributed by atoms with Crippen LogP contribution >= 0.6 is 0 Å². The lowest BCUT2D eigenvalue weighted by atomic mass is 9.97. The summed E-state index contributed by atoms with van der Waals surface area (Å²) in [6.45, 7) is 6.15. The van der Waals surface area contributed by atoms with Crippen LogP contribution in [0.2, 0.25) is 0 Å². The number of aliphatic carboxylic acids is 1. The Bertz CT molecular complexity index is 487. The third kappa shape index (κ3) is 4.43. The van der Waals surface area contributed by atoms with Gasteiger partial charge in [0.15, 0.2) is 0 Å². The number of hydrogen-bond donors (Lipinski definition) is 1. The molecule has 0 aliphatic carbocycles. The first kappa shape index (κ1) is 15.3. The van der Waals surface area contributed by atoms with Gasteiger partial charge in [-0.1, -0.05) is 6.08 Å². The van der Waals surface area contributed by atoms with Crippen molar-refractivity contribution in [3.8, 4) is 5.75 Å². The number of rotatable bonds is 6. The van der Waals surface area contributed by atoms with E-state index in [9.17, 15) is 4.79 Å². The van der Waals surface area contributed by atoms with E-state index in [0.717, 1.165) is 17.7 Å². The number of carboxylic acids is 1. The number of benzene rings is 1. The van der Waals surface area contributed by atoms with Gasteiger partial charge in [-0.25, -0.2) is 0 Å². The van der Waals surface area contributed by atoms with Crippen molar-refractivity contribution in [2.75, 3.05) is 7.11 Å². The quantitative estimate of drug-likeness (QED) is 0.789. The van der Waals surface area contributed by atoms with Gasteiger partial charge in [-0.3, -0.25) is 4.79 Å². The van der Waals surface area contributed by atoms with E-state index >= 15 is 0 Å². The second-order valence-corrected chi connectivity index (χ2v) is 4.81. The monoisotopic (exact) mass is 262 g/mol. The molecule has 19 heavy (non-hydrogen) atoms. The molecule has 0 aliphatic heterocycles. The Morgan fingerprint density at radius 3 is 2.58 bits per heavy atom. The average Bonchev–Trinajstić information content (AvgIpc) is 2.36. The maximum Gasteiger partial charge on any atom is 0.303 e. The van der Waals surface area contributed by atoms with Crippen LogP contribution in [-0.4, -0.2) is 18.2 Å². The highest BCUT2D eigenvalue weighted by molar-refractivity contribution is 5.69. The highest BCUT2D eigenvalue weighted by Gasteiger charge is 2.06. The Morgan fingerprint density at radius 2 is 2.00 bits per heavy atom. The summed E-state index contributed by atoms with van der Waals surface area (Å²) >= 11 is 0. The maximum absolute atomic E-state index is 10.4. The van der Waals surface area contributed by atoms with E-state index in [0.29, 0.717) is 6.42 Å². The van der Waals surface area contributed by atoms with Gasteiger partial charge in [-0.15, -0.1) is 0 Å². The predicted molar refractivity (Wildman–Crippen MR) is 77.6 cm³/mol. The summed E-state index contributed by atoms with van der Waals surface area (Å²) < 4.78 is 5.30. The van der Waals surface area contributed by atoms with Gasteiger partial charge in [0.05, 0.1) is 7.11 Å². The van der Waals surface area contributed by atoms with Gasteiger partial charge in [-0.05, 0) is 68.0 Å². The molecule has 0 amide bonds. The van der Waals surface area contributed by atoms with Crippen LogP contribution in [0.1, 0.15) is 42.9 Å². The molecule has 1 aromatic carbocycles. The molecular formula is C16H22O3. The van der Waals surface area contributed by atoms with Crippen molar-refractivity contribution in [3.05, 3.63) is 34.9 Å². The topological polar surface area (TPSA) is 46.5 Å². The van der Waals surface area contributed by atoms with Crippen LogP contribution in [0.3, 0.4) is 0 Å². The molecule has 0 saturated heterocycles. The molecule has 0 atom stereocenters. The van der Waals surface area contributed by atoms with E-state index < -0.39 is 5.97 Å². The largest absolute Gasteiger partial charge is 0.496 e. The number of hydrogen-bond acceptors (Lipinski definition) is 2. The van der Waals surface area contributed by atoms with Gasteiger partial charge in [0.25, 0.3) is 0 Å². The van der Waals surface area contributed by atoms with Gasteiger partial charge in [-0.2, -0.15) is 0 Å². The Labute approximate surface area is 114 Å². The van der Waals surface area contributed by atoms with E-state index in [-0.39, 0.29) is 6.42 Å². The lowest BCUT2D eigenvalue weighted by Crippen LogP contribution is -1.94. The molecule has 0 radical (unpaired) electrons. The summed E-state index contributed by atoms with van der Waals surface area (Å²) in [5.41, 5.74) is 4.68. The van der Waals surface area contributed by atoms with Crippen LogP contribution in [0.4, 0.5) is 0 Å². The molecule has 0 spiro atoms. The Balaban J connectivity index is 2.81. The minimum absolute atomic E-state index is 0.227. The molecule has 0 aromatic heterocycles. The average molecular weight is 262 g/mol. The minimum atomic E-state index is -0.734. The standard InChI is InChI=1S/C16H22O3/c1-11(7-5-6-8-16(17)18)14-9-13(3)15(19-4)10-12(14)2/h7,9-10H,5-6,8H2,1-4H3,(H,17,18)/b11-7+. The fourth-order valence-electron chi connectivity index (χ4n) is 2.12. The number of carboxylic acid groups (broad SMARTS) is 1. The Hall–Kier alpha value is -1.77. The molecule has 0 heterocycles. The summed E-state index contributed by atoms with van der Waals surface area (Å²) in [6.07, 6.45) is 3.81. The van der Waals surface area contributed by atoms with Crippen molar-refractivity contribution < 1.29 is 14.6 Å². The maximum atomic E-state index is 10.4. The van der Waals surface area contributed by atoms with Crippen molar-refractivity contribution in [3.63, 3.8) is 0 Å². The van der Waals surface area contributed by atoms with Crippen molar-refractivity contribution in [1.29, 1.82) is 0 Å². The lowest BCUT2D eigenvalue weighted by molar-refractivity contribution is -0.137. The number of ether oxygens (including phenoxy) is 1. The first-order valence-corrected chi connectivity index (χ1v) is 6.50. The van der Waals surface area contributed by atoms with E-state index in [4.69, 9.17) is 9.84 Å². The minimum Gasteiger partial charge on any atom is -0.496 e. The van der Waals surface area contributed by atoms with Crippen LogP contribution < -0.4 is 4.74 Å². The number of carbonyl (C=O) groups is 1. The Morgan fingerprint density at radius 1 is 1.32 bits per heavy atom. The van der Waals surface area contributed by atoms with Crippen molar-refractivity contribution in [1.82, 2.24) is 0 Å². The molecule has 1 rings (SSSR count). The van der Waals surface area contributed by atoms with Gasteiger partial charge < -0.3 is 9.84 Å². The summed E-state index contributed by atoms with van der Waals surface area (Å²) in [7, 11) is 1.68. The molecule has 104 valence electrons. The molecular weight excluding hydrogens is 240 g/mol. The summed E-state index contributed by atoms with van der Waals surface area (Å²) in [5, 5.41) is 8.60. The molecule has 0 bridgehead atoms. The van der Waals surface area contributed by atoms with Crippen LogP contribution in [0.25, 0.3) is 5.57 Å². The number of methoxy groups -OCH3 is 1. The van der Waals surface area contributed by atoms with E-state index in [1.165, 1.54) is 16.7 Å². The number of unbranched alkanes of at least 4 members (excludes halogenated alkanes) is 1. The zero-order valence-corrected chi connectivity index (χ0v) is 12.1. The highest BCUT2D eigenvalue weighted by atomic mass is 16.5. The summed E-state index contributed by atoms with van der Waals surface area (Å²) in [6, 6.07) is 4.16. The third-order valence-corrected chi connectivity index (χ3v) is 3.21. The molecule has 0 aliphatic rings. The summed E-state index contributed by atoms with van der Waals surface area (Å²) in [4.78, 5) is 10.4. The summed E-state index contributed by atoms with van der Waals surface area (Å²) in [5.74, 6) is 0.169. The molecule has 3 heteroatoms. The van der Waals surface area contributed by atoms with Gasteiger partial charge in [0.2, 0.25) is 0 Å². The molecule has 1 N–H and O–H groups in total. The first-order valence-electron chi connectivity index (χ1n) is 6.50. The predicted octanol–water partition coefficient (Wildman–Crippen LogP) is 3.97. The van der Waals surface area contributed by atoms with Crippen LogP contribution in [0.5, 0.6) is 5.75 Å². The fraction of sp³-hybridized carbons (Fsp3) is 0.438. The van der Waals surface area contributed by atoms with Gasteiger partial charge in [0.1, 0.15) is 5.75 Å². The number of aryl methyl sites for hydroxylation is 2. The van der Waals surface area contributed by atoms with Crippen molar-refractivity contribution in [2.24, 2.45) is 0 Å².